The van der Waals surface area contributed by atoms with Gasteiger partial charge in [-0.25, -0.2) is 0 Å². The molecule has 2 amide bonds. The van der Waals surface area contributed by atoms with E-state index < -0.39 is 11.9 Å². The van der Waals surface area contributed by atoms with Crippen molar-refractivity contribution < 1.29 is 14.0 Å². The van der Waals surface area contributed by atoms with Gasteiger partial charge in [0.25, 0.3) is 5.91 Å². The van der Waals surface area contributed by atoms with Crippen LogP contribution in [0.4, 0.5) is 5.69 Å². The predicted octanol–water partition coefficient (Wildman–Crippen LogP) is 3.98. The van der Waals surface area contributed by atoms with E-state index in [1.807, 2.05) is 13.8 Å². The molecule has 0 aliphatic rings. The van der Waals surface area contributed by atoms with Gasteiger partial charge in [-0.3, -0.25) is 9.59 Å². The van der Waals surface area contributed by atoms with Crippen molar-refractivity contribution in [3.8, 4) is 0 Å². The van der Waals surface area contributed by atoms with Crippen LogP contribution in [0.3, 0.4) is 0 Å². The Kier molecular flexibility index (Phi) is 5.69. The van der Waals surface area contributed by atoms with E-state index in [9.17, 15) is 9.59 Å². The Hall–Kier alpha value is -1.98. The molecule has 5 nitrogen and oxygen atoms in total. The Labute approximate surface area is 144 Å². The van der Waals surface area contributed by atoms with Crippen LogP contribution in [0, 0.1) is 5.92 Å². The second-order valence-electron chi connectivity index (χ2n) is 5.29. The monoisotopic (exact) mass is 354 g/mol. The highest BCUT2D eigenvalue weighted by Crippen LogP contribution is 2.25. The van der Waals surface area contributed by atoms with Gasteiger partial charge in [-0.15, -0.1) is 0 Å². The number of carbonyl (C=O) groups excluding carboxylic acids is 2. The van der Waals surface area contributed by atoms with Gasteiger partial charge in [-0.2, -0.15) is 0 Å². The first-order valence-electron chi connectivity index (χ1n) is 6.98. The van der Waals surface area contributed by atoms with Gasteiger partial charge in [0, 0.05) is 5.02 Å². The van der Waals surface area contributed by atoms with Gasteiger partial charge in [0.1, 0.15) is 6.04 Å². The van der Waals surface area contributed by atoms with Crippen molar-refractivity contribution in [1.29, 1.82) is 0 Å². The summed E-state index contributed by atoms with van der Waals surface area (Å²) in [7, 11) is 0. The van der Waals surface area contributed by atoms with E-state index in [1.54, 1.807) is 24.3 Å². The summed E-state index contributed by atoms with van der Waals surface area (Å²) in [4.78, 5) is 24.5. The Bertz CT molecular complexity index is 699. The van der Waals surface area contributed by atoms with Crippen LogP contribution in [-0.2, 0) is 4.79 Å². The summed E-state index contributed by atoms with van der Waals surface area (Å²) in [6.45, 7) is 3.65. The summed E-state index contributed by atoms with van der Waals surface area (Å²) in [6, 6.07) is 7.14. The molecule has 0 spiro atoms. The van der Waals surface area contributed by atoms with Crippen LogP contribution in [0.25, 0.3) is 0 Å². The van der Waals surface area contributed by atoms with Crippen molar-refractivity contribution >= 4 is 40.7 Å². The summed E-state index contributed by atoms with van der Waals surface area (Å²) in [5, 5.41) is 6.15. The lowest BCUT2D eigenvalue weighted by Crippen LogP contribution is -2.47. The van der Waals surface area contributed by atoms with Gasteiger partial charge >= 0.3 is 0 Å². The largest absolute Gasteiger partial charge is 0.459 e. The molecule has 1 unspecified atom stereocenters. The summed E-state index contributed by atoms with van der Waals surface area (Å²) in [6.07, 6.45) is 1.39. The molecule has 0 aliphatic heterocycles. The quantitative estimate of drug-likeness (QED) is 0.852. The lowest BCUT2D eigenvalue weighted by atomic mass is 10.0. The van der Waals surface area contributed by atoms with Gasteiger partial charge in [-0.1, -0.05) is 37.0 Å². The lowest BCUT2D eigenvalue weighted by Gasteiger charge is -2.21. The number of amides is 2. The summed E-state index contributed by atoms with van der Waals surface area (Å²) >= 11 is 11.9. The molecule has 122 valence electrons. The van der Waals surface area contributed by atoms with E-state index in [-0.39, 0.29) is 17.6 Å². The van der Waals surface area contributed by atoms with Crippen LogP contribution in [0.1, 0.15) is 24.4 Å². The molecule has 2 aromatic rings. The fourth-order valence-corrected chi connectivity index (χ4v) is 2.30. The number of halogens is 2. The number of furan rings is 1. The maximum Gasteiger partial charge on any atom is 0.287 e. The highest BCUT2D eigenvalue weighted by Gasteiger charge is 2.26. The Morgan fingerprint density at radius 2 is 1.91 bits per heavy atom. The molecule has 0 saturated carbocycles. The molecule has 2 rings (SSSR count). The number of hydrogen-bond acceptors (Lipinski definition) is 3. The van der Waals surface area contributed by atoms with Crippen molar-refractivity contribution in [2.75, 3.05) is 5.32 Å². The molecule has 1 atom stereocenters. The van der Waals surface area contributed by atoms with E-state index >= 15 is 0 Å². The second-order valence-corrected chi connectivity index (χ2v) is 6.13. The Morgan fingerprint density at radius 1 is 1.17 bits per heavy atom. The zero-order valence-electron chi connectivity index (χ0n) is 12.6. The van der Waals surface area contributed by atoms with Crippen LogP contribution >= 0.6 is 23.2 Å². The number of nitrogens with one attached hydrogen (secondary N) is 2. The molecule has 1 aromatic carbocycles. The zero-order chi connectivity index (χ0) is 17.0. The molecule has 0 aliphatic carbocycles. The molecule has 1 aromatic heterocycles. The maximum atomic E-state index is 12.5. The van der Waals surface area contributed by atoms with E-state index in [1.165, 1.54) is 12.3 Å². The molecule has 1 heterocycles. The van der Waals surface area contributed by atoms with Crippen molar-refractivity contribution in [1.82, 2.24) is 5.32 Å². The molecule has 7 heteroatoms. The van der Waals surface area contributed by atoms with Crippen LogP contribution in [0.15, 0.2) is 41.0 Å². The van der Waals surface area contributed by atoms with E-state index in [0.29, 0.717) is 15.7 Å². The average Bonchev–Trinajstić information content (AvgIpc) is 3.02. The smallest absolute Gasteiger partial charge is 0.287 e. The molecular weight excluding hydrogens is 339 g/mol. The van der Waals surface area contributed by atoms with Crippen molar-refractivity contribution in [2.24, 2.45) is 5.92 Å². The molecular formula is C16H16Cl2N2O3. The minimum absolute atomic E-state index is 0.133. The Balaban J connectivity index is 2.12. The first-order valence-corrected chi connectivity index (χ1v) is 7.74. The van der Waals surface area contributed by atoms with Crippen LogP contribution in [-0.4, -0.2) is 17.9 Å². The fraction of sp³-hybridized carbons (Fsp3) is 0.250. The average molecular weight is 355 g/mol. The standard InChI is InChI=1S/C16H16Cl2N2O3/c1-9(2)14(20-15(21)13-4-3-7-23-13)16(22)19-12-8-10(17)5-6-11(12)18/h3-9,14H,1-2H3,(H,19,22)(H,20,21). The minimum atomic E-state index is -0.748. The van der Waals surface area contributed by atoms with Crippen LogP contribution in [0.2, 0.25) is 10.0 Å². The number of hydrogen-bond donors (Lipinski definition) is 2. The van der Waals surface area contributed by atoms with Gasteiger partial charge < -0.3 is 15.1 Å². The third kappa shape index (κ3) is 4.50. The Morgan fingerprint density at radius 3 is 2.52 bits per heavy atom. The van der Waals surface area contributed by atoms with Gasteiger partial charge in [-0.05, 0) is 36.2 Å². The van der Waals surface area contributed by atoms with Crippen molar-refractivity contribution in [2.45, 2.75) is 19.9 Å². The van der Waals surface area contributed by atoms with Crippen molar-refractivity contribution in [3.63, 3.8) is 0 Å². The molecule has 0 saturated heterocycles. The lowest BCUT2D eigenvalue weighted by molar-refractivity contribution is -0.118. The normalized spacial score (nSPS) is 12.0. The van der Waals surface area contributed by atoms with E-state index in [4.69, 9.17) is 27.6 Å². The minimum Gasteiger partial charge on any atom is -0.459 e. The first-order chi connectivity index (χ1) is 10.9. The molecule has 23 heavy (non-hydrogen) atoms. The van der Waals surface area contributed by atoms with Crippen molar-refractivity contribution in [3.05, 3.63) is 52.4 Å². The topological polar surface area (TPSA) is 71.3 Å². The highest BCUT2D eigenvalue weighted by molar-refractivity contribution is 6.35. The number of anilines is 1. The summed E-state index contributed by atoms with van der Waals surface area (Å²) in [5.74, 6) is -0.832. The highest BCUT2D eigenvalue weighted by atomic mass is 35.5. The third-order valence-corrected chi connectivity index (χ3v) is 3.73. The maximum absolute atomic E-state index is 12.5. The third-order valence-electron chi connectivity index (χ3n) is 3.17. The SMILES string of the molecule is CC(C)C(NC(=O)c1ccco1)C(=O)Nc1cc(Cl)ccc1Cl. The number of benzene rings is 1. The molecule has 2 N–H and O–H groups in total. The number of carbonyl (C=O) groups is 2. The predicted molar refractivity (Wildman–Crippen MR) is 89.9 cm³/mol. The van der Waals surface area contributed by atoms with Gasteiger partial charge in [0.05, 0.1) is 17.0 Å². The molecule has 0 radical (unpaired) electrons. The van der Waals surface area contributed by atoms with Crippen LogP contribution in [0.5, 0.6) is 0 Å². The van der Waals surface area contributed by atoms with Crippen LogP contribution < -0.4 is 10.6 Å². The number of rotatable bonds is 5. The first kappa shape index (κ1) is 17.4. The fourth-order valence-electron chi connectivity index (χ4n) is 1.96. The second kappa shape index (κ2) is 7.53. The van der Waals surface area contributed by atoms with E-state index in [0.717, 1.165) is 0 Å². The van der Waals surface area contributed by atoms with E-state index in [2.05, 4.69) is 10.6 Å². The molecule has 0 fully saturated rings. The molecule has 0 bridgehead atoms. The summed E-state index contributed by atoms with van der Waals surface area (Å²) in [5.41, 5.74) is 0.391. The summed E-state index contributed by atoms with van der Waals surface area (Å²) < 4.78 is 5.03. The zero-order valence-corrected chi connectivity index (χ0v) is 14.1. The van der Waals surface area contributed by atoms with Gasteiger partial charge in [0.2, 0.25) is 5.91 Å². The van der Waals surface area contributed by atoms with Gasteiger partial charge in [0.15, 0.2) is 5.76 Å².